The van der Waals surface area contributed by atoms with Gasteiger partial charge in [0.15, 0.2) is 0 Å². The summed E-state index contributed by atoms with van der Waals surface area (Å²) in [6.45, 7) is 7.54. The third kappa shape index (κ3) is 27.6. The van der Waals surface area contributed by atoms with Crippen LogP contribution in [0.25, 0.3) is 0 Å². The summed E-state index contributed by atoms with van der Waals surface area (Å²) in [5, 5.41) is 7.87. The molecule has 0 rings (SSSR count). The molecule has 4 heteroatoms. The maximum Gasteiger partial charge on any atom is 1.00 e. The maximum absolute atomic E-state index is 9.57. The summed E-state index contributed by atoms with van der Waals surface area (Å²) in [5.74, 6) is -0.963. The molecular weight excluding hydrogens is 249 g/mol. The number of carboxylic acid groups (broad SMARTS) is 1. The fourth-order valence-corrected chi connectivity index (χ4v) is 1.49. The van der Waals surface area contributed by atoms with Crippen LogP contribution in [0.15, 0.2) is 0 Å². The van der Waals surface area contributed by atoms with Crippen molar-refractivity contribution in [2.75, 3.05) is 0 Å². The van der Waals surface area contributed by atoms with E-state index < -0.39 is 12.0 Å². The van der Waals surface area contributed by atoms with Crippen LogP contribution in [0, 0.1) is 6.92 Å². The summed E-state index contributed by atoms with van der Waals surface area (Å²) in [5.41, 5.74) is 4.84. The van der Waals surface area contributed by atoms with Crippen LogP contribution in [0.5, 0.6) is 0 Å². The monoisotopic (exact) mass is 281 g/mol. The van der Waals surface area contributed by atoms with Crippen molar-refractivity contribution in [3.63, 3.8) is 0 Å². The Bertz CT molecular complexity index is 166. The van der Waals surface area contributed by atoms with Gasteiger partial charge < -0.3 is 17.8 Å². The van der Waals surface area contributed by atoms with Gasteiger partial charge in [-0.25, -0.2) is 0 Å². The van der Waals surface area contributed by atoms with Gasteiger partial charge in [-0.1, -0.05) is 64.7 Å². The molecular formula is C15H32NNaO2. The Balaban J connectivity index is -0.000000313. The van der Waals surface area contributed by atoms with E-state index in [1.54, 1.807) is 0 Å². The smallest absolute Gasteiger partial charge is 0.480 e. The predicted octanol–water partition coefficient (Wildman–Crippen LogP) is 1.16. The molecule has 3 nitrogen and oxygen atoms in total. The van der Waals surface area contributed by atoms with E-state index in [1.807, 2.05) is 0 Å². The second-order valence-corrected chi connectivity index (χ2v) is 4.81. The van der Waals surface area contributed by atoms with Crippen molar-refractivity contribution in [1.29, 1.82) is 0 Å². The second-order valence-electron chi connectivity index (χ2n) is 4.81. The summed E-state index contributed by atoms with van der Waals surface area (Å²) in [7, 11) is 0. The zero-order chi connectivity index (χ0) is 14.2. The number of aliphatic carboxylic acids is 1. The van der Waals surface area contributed by atoms with E-state index in [2.05, 4.69) is 13.8 Å². The van der Waals surface area contributed by atoms with Gasteiger partial charge in [-0.15, -0.1) is 0 Å². The average molecular weight is 281 g/mol. The third-order valence-corrected chi connectivity index (χ3v) is 2.74. The van der Waals surface area contributed by atoms with Crippen LogP contribution < -0.4 is 35.3 Å². The van der Waals surface area contributed by atoms with Crippen LogP contribution in [0.4, 0.5) is 0 Å². The Labute approximate surface area is 142 Å². The molecule has 0 aliphatic heterocycles. The van der Waals surface area contributed by atoms with Crippen LogP contribution in [-0.4, -0.2) is 17.1 Å². The Hall–Kier alpha value is 0.430. The van der Waals surface area contributed by atoms with E-state index in [0.29, 0.717) is 0 Å². The Kier molecular flexibility index (Phi) is 26.7. The quantitative estimate of drug-likeness (QED) is 0.359. The number of carboxylic acids is 1. The molecule has 0 aliphatic rings. The minimum atomic E-state index is -0.963. The van der Waals surface area contributed by atoms with Crippen molar-refractivity contribution in [3.8, 4) is 0 Å². The van der Waals surface area contributed by atoms with Crippen LogP contribution in [0.3, 0.4) is 0 Å². The number of rotatable bonds is 10. The van der Waals surface area contributed by atoms with E-state index in [0.717, 1.165) is 6.42 Å². The molecule has 0 bridgehead atoms. The molecule has 0 fully saturated rings. The van der Waals surface area contributed by atoms with Gasteiger partial charge in [0.2, 0.25) is 0 Å². The van der Waals surface area contributed by atoms with Gasteiger partial charge in [-0.2, -0.15) is 6.42 Å². The zero-order valence-electron chi connectivity index (χ0n) is 13.3. The van der Waals surface area contributed by atoms with Crippen molar-refractivity contribution in [2.45, 2.75) is 84.1 Å². The zero-order valence-corrected chi connectivity index (χ0v) is 15.3. The van der Waals surface area contributed by atoms with E-state index in [-0.39, 0.29) is 29.6 Å². The summed E-state index contributed by atoms with van der Waals surface area (Å²) in [6, 6.07) is -0.731. The van der Waals surface area contributed by atoms with Gasteiger partial charge >= 0.3 is 35.5 Å². The van der Waals surface area contributed by atoms with Gasteiger partial charge in [0.05, 0.1) is 0 Å². The SMILES string of the molecule is C[C@H](N)C(=O)O.[CH2-]CCCCCCCCCCC.[Na+]. The van der Waals surface area contributed by atoms with Crippen LogP contribution in [0.1, 0.15) is 78.1 Å². The molecule has 0 aromatic rings. The molecule has 0 radical (unpaired) electrons. The van der Waals surface area contributed by atoms with Crippen molar-refractivity contribution in [3.05, 3.63) is 6.92 Å². The van der Waals surface area contributed by atoms with Gasteiger partial charge in [0.25, 0.3) is 0 Å². The minimum absolute atomic E-state index is 0. The minimum Gasteiger partial charge on any atom is -0.480 e. The molecule has 3 N–H and O–H groups in total. The number of hydrogen-bond donors (Lipinski definition) is 2. The Morgan fingerprint density at radius 3 is 1.63 bits per heavy atom. The van der Waals surface area contributed by atoms with Crippen molar-refractivity contribution >= 4 is 5.97 Å². The third-order valence-electron chi connectivity index (χ3n) is 2.74. The molecule has 0 aromatic heterocycles. The fourth-order valence-electron chi connectivity index (χ4n) is 1.49. The first-order chi connectivity index (χ1) is 8.56. The average Bonchev–Trinajstić information content (AvgIpc) is 2.33. The largest absolute Gasteiger partial charge is 1.00 e. The first-order valence-electron chi connectivity index (χ1n) is 7.33. The molecule has 110 valence electrons. The number of hydrogen-bond acceptors (Lipinski definition) is 2. The molecule has 1 atom stereocenters. The molecule has 0 spiro atoms. The second kappa shape index (κ2) is 20.7. The number of carbonyl (C=O) groups is 1. The van der Waals surface area contributed by atoms with Crippen molar-refractivity contribution in [2.24, 2.45) is 5.73 Å². The van der Waals surface area contributed by atoms with E-state index in [1.165, 1.54) is 64.7 Å². The van der Waals surface area contributed by atoms with Crippen molar-refractivity contribution in [1.82, 2.24) is 0 Å². The van der Waals surface area contributed by atoms with E-state index in [9.17, 15) is 4.79 Å². The maximum atomic E-state index is 9.57. The molecule has 19 heavy (non-hydrogen) atoms. The normalized spacial score (nSPS) is 10.9. The van der Waals surface area contributed by atoms with Crippen LogP contribution in [-0.2, 0) is 4.79 Å². The van der Waals surface area contributed by atoms with Crippen LogP contribution >= 0.6 is 0 Å². The first-order valence-corrected chi connectivity index (χ1v) is 7.33. The number of nitrogens with two attached hydrogens (primary N) is 1. The van der Waals surface area contributed by atoms with E-state index in [4.69, 9.17) is 10.8 Å². The van der Waals surface area contributed by atoms with Crippen LogP contribution in [0.2, 0.25) is 0 Å². The van der Waals surface area contributed by atoms with Gasteiger partial charge in [-0.3, -0.25) is 4.79 Å². The molecule has 0 aromatic carbocycles. The predicted molar refractivity (Wildman–Crippen MR) is 78.5 cm³/mol. The summed E-state index contributed by atoms with van der Waals surface area (Å²) in [6.07, 6.45) is 13.9. The summed E-state index contributed by atoms with van der Waals surface area (Å²) < 4.78 is 0. The summed E-state index contributed by atoms with van der Waals surface area (Å²) in [4.78, 5) is 9.57. The van der Waals surface area contributed by atoms with Gasteiger partial charge in [0.1, 0.15) is 6.04 Å². The standard InChI is InChI=1S/C12H25.C3H7NO2.Na/c1-3-5-7-9-11-12-10-8-6-4-2;1-2(4)3(5)6;/h1,3-12H2,2H3;2H,4H2,1H3,(H,5,6);/q-1;;+1/t;2-;/m.0./s1. The molecule has 0 unspecified atom stereocenters. The fraction of sp³-hybridized carbons (Fsp3) is 0.867. The van der Waals surface area contributed by atoms with Gasteiger partial charge in [-0.05, 0) is 6.92 Å². The van der Waals surface area contributed by atoms with Crippen molar-refractivity contribution < 1.29 is 39.5 Å². The van der Waals surface area contributed by atoms with Gasteiger partial charge in [0, 0.05) is 0 Å². The first kappa shape index (κ1) is 24.4. The summed E-state index contributed by atoms with van der Waals surface area (Å²) >= 11 is 0. The molecule has 0 amide bonds. The Morgan fingerprint density at radius 1 is 1.05 bits per heavy atom. The Morgan fingerprint density at radius 2 is 1.37 bits per heavy atom. The topological polar surface area (TPSA) is 63.3 Å². The molecule has 0 saturated carbocycles. The number of unbranched alkanes of at least 4 members (excludes halogenated alkanes) is 9. The molecule has 0 heterocycles. The molecule has 0 saturated heterocycles. The molecule has 0 aliphatic carbocycles. The van der Waals surface area contributed by atoms with E-state index >= 15 is 0 Å².